The van der Waals surface area contributed by atoms with Crippen LogP contribution in [0.3, 0.4) is 0 Å². The minimum Gasteiger partial charge on any atom is -0.492 e. The fourth-order valence-corrected chi connectivity index (χ4v) is 10.1. The molecule has 0 saturated heterocycles. The van der Waals surface area contributed by atoms with Gasteiger partial charge in [0.15, 0.2) is 11.5 Å². The Kier molecular flexibility index (Phi) is 11.7. The summed E-state index contributed by atoms with van der Waals surface area (Å²) < 4.78 is 107. The third-order valence-corrected chi connectivity index (χ3v) is 13.6. The minimum absolute atomic E-state index is 0.0791. The molecule has 56 heavy (non-hydrogen) atoms. The predicted octanol–water partition coefficient (Wildman–Crippen LogP) is 6.29. The molecule has 15 heteroatoms. The SMILES string of the molecule is C=C(CN([C@@H](Cc1cccc(OS(=O)(=O)c2ccccc2)c1OS(=O)(=O)c1ccccc1)C(=O)OC)S(=O)(=O)c1ccccc1)CC1(C)COc2ccccc21. The van der Waals surface area contributed by atoms with Crippen molar-refractivity contribution in [2.45, 2.75) is 45.9 Å². The molecule has 5 aromatic carbocycles. The molecule has 12 nitrogen and oxygen atoms in total. The van der Waals surface area contributed by atoms with E-state index in [1.807, 2.05) is 31.2 Å². The maximum Gasteiger partial charge on any atom is 0.339 e. The monoisotopic (exact) mass is 817 g/mol. The normalized spacial score (nSPS) is 16.0. The highest BCUT2D eigenvalue weighted by atomic mass is 32.2. The number of carbonyl (C=O) groups is 1. The van der Waals surface area contributed by atoms with Crippen LogP contribution in [0.15, 0.2) is 160 Å². The predicted molar refractivity (Wildman–Crippen MR) is 208 cm³/mol. The topological polar surface area (TPSA) is 160 Å². The van der Waals surface area contributed by atoms with E-state index < -0.39 is 65.6 Å². The third-order valence-electron chi connectivity index (χ3n) is 9.20. The first-order valence-corrected chi connectivity index (χ1v) is 21.5. The Hall–Kier alpha value is -5.48. The fraction of sp³-hybridized carbons (Fsp3) is 0.195. The van der Waals surface area contributed by atoms with E-state index in [1.54, 1.807) is 18.2 Å². The van der Waals surface area contributed by atoms with Crippen molar-refractivity contribution in [1.82, 2.24) is 4.31 Å². The summed E-state index contributed by atoms with van der Waals surface area (Å²) in [6, 6.07) is 31.6. The first-order chi connectivity index (χ1) is 26.6. The first kappa shape index (κ1) is 40.2. The molecule has 0 radical (unpaired) electrons. The molecule has 1 aliphatic rings. The molecule has 0 fully saturated rings. The second-order valence-corrected chi connectivity index (χ2v) is 18.3. The molecule has 0 bridgehead atoms. The van der Waals surface area contributed by atoms with Crippen LogP contribution >= 0.6 is 0 Å². The van der Waals surface area contributed by atoms with E-state index in [4.69, 9.17) is 17.8 Å². The van der Waals surface area contributed by atoms with Gasteiger partial charge in [-0.1, -0.05) is 104 Å². The van der Waals surface area contributed by atoms with Crippen LogP contribution in [-0.2, 0) is 51.6 Å². The molecule has 1 aliphatic heterocycles. The maximum atomic E-state index is 14.6. The number of benzene rings is 5. The second-order valence-electron chi connectivity index (χ2n) is 13.3. The van der Waals surface area contributed by atoms with Crippen LogP contribution < -0.4 is 13.1 Å². The lowest BCUT2D eigenvalue weighted by molar-refractivity contribution is -0.145. The average molecular weight is 818 g/mol. The van der Waals surface area contributed by atoms with Gasteiger partial charge in [0.25, 0.3) is 0 Å². The molecular weight excluding hydrogens is 779 g/mol. The van der Waals surface area contributed by atoms with Crippen molar-refractivity contribution < 1.29 is 47.9 Å². The van der Waals surface area contributed by atoms with Crippen LogP contribution in [0.2, 0.25) is 0 Å². The number of nitrogens with zero attached hydrogens (tertiary/aromatic N) is 1. The Morgan fingerprint density at radius 1 is 0.732 bits per heavy atom. The number of ether oxygens (including phenoxy) is 2. The molecule has 0 aromatic heterocycles. The zero-order chi connectivity index (χ0) is 40.1. The van der Waals surface area contributed by atoms with Crippen molar-refractivity contribution in [2.24, 2.45) is 0 Å². The van der Waals surface area contributed by atoms with Crippen molar-refractivity contribution in [1.29, 1.82) is 0 Å². The molecule has 0 saturated carbocycles. The Labute approximate surface area is 327 Å². The maximum absolute atomic E-state index is 14.6. The molecular formula is C41H39NO11S3. The van der Waals surface area contributed by atoms with E-state index >= 15 is 0 Å². The quantitative estimate of drug-likeness (QED) is 0.0626. The number of rotatable bonds is 16. The second kappa shape index (κ2) is 16.3. The third kappa shape index (κ3) is 8.65. The molecule has 0 aliphatic carbocycles. The zero-order valence-electron chi connectivity index (χ0n) is 30.5. The van der Waals surface area contributed by atoms with Crippen molar-refractivity contribution in [2.75, 3.05) is 20.3 Å². The molecule has 0 amide bonds. The Bertz CT molecular complexity index is 2550. The van der Waals surface area contributed by atoms with Gasteiger partial charge in [0.05, 0.1) is 18.6 Å². The summed E-state index contributed by atoms with van der Waals surface area (Å²) in [6.07, 6.45) is -0.263. The van der Waals surface area contributed by atoms with Crippen LogP contribution in [0.25, 0.3) is 0 Å². The van der Waals surface area contributed by atoms with Crippen LogP contribution in [0, 0.1) is 0 Å². The molecule has 1 unspecified atom stereocenters. The van der Waals surface area contributed by atoms with Crippen molar-refractivity contribution in [3.05, 3.63) is 157 Å². The molecule has 2 atom stereocenters. The van der Waals surface area contributed by atoms with Crippen molar-refractivity contribution >= 4 is 36.2 Å². The van der Waals surface area contributed by atoms with Gasteiger partial charge >= 0.3 is 26.2 Å². The summed E-state index contributed by atoms with van der Waals surface area (Å²) in [6.45, 7) is 6.17. The van der Waals surface area contributed by atoms with E-state index in [0.717, 1.165) is 17.0 Å². The highest BCUT2D eigenvalue weighted by molar-refractivity contribution is 7.89. The number of carbonyl (C=O) groups excluding carboxylic acids is 1. The minimum atomic E-state index is -4.64. The fourth-order valence-electron chi connectivity index (χ4n) is 6.50. The van der Waals surface area contributed by atoms with Gasteiger partial charge in [-0.2, -0.15) is 21.1 Å². The van der Waals surface area contributed by atoms with Crippen LogP contribution in [0.4, 0.5) is 0 Å². The number of hydrogen-bond acceptors (Lipinski definition) is 11. The highest BCUT2D eigenvalue weighted by Gasteiger charge is 2.41. The number of fused-ring (bicyclic) bond motifs is 1. The van der Waals surface area contributed by atoms with Gasteiger partial charge in [-0.25, -0.2) is 8.42 Å². The van der Waals surface area contributed by atoms with Gasteiger partial charge in [-0.05, 0) is 55.0 Å². The van der Waals surface area contributed by atoms with E-state index in [-0.39, 0.29) is 33.2 Å². The summed E-state index contributed by atoms with van der Waals surface area (Å²) in [4.78, 5) is 13.2. The Balaban J connectivity index is 1.45. The number of para-hydroxylation sites is 2. The summed E-state index contributed by atoms with van der Waals surface area (Å²) in [5.41, 5.74) is 0.714. The number of methoxy groups -OCH3 is 1. The van der Waals surface area contributed by atoms with Gasteiger partial charge in [0, 0.05) is 29.5 Å². The van der Waals surface area contributed by atoms with E-state index in [0.29, 0.717) is 17.9 Å². The lowest BCUT2D eigenvalue weighted by Gasteiger charge is -2.32. The molecule has 6 rings (SSSR count). The number of sulfonamides is 1. The van der Waals surface area contributed by atoms with E-state index in [2.05, 4.69) is 6.58 Å². The standard InChI is InChI=1S/C41H39NO11S3/c1-30(27-41(2)29-51-37-24-14-13-23-35(37)41)28-42(54(44,45)32-17-7-4-8-18-32)36(40(43)50-3)26-31-16-15-25-38(52-55(46,47)33-19-9-5-10-20-33)39(31)53-56(48,49)34-21-11-6-12-22-34/h4-25,36H,1,26-29H2,2-3H3/t36-,41?/m0/s1. The first-order valence-electron chi connectivity index (χ1n) is 17.3. The molecule has 292 valence electrons. The lowest BCUT2D eigenvalue weighted by Crippen LogP contribution is -2.48. The average Bonchev–Trinajstić information content (AvgIpc) is 3.53. The molecule has 0 N–H and O–H groups in total. The summed E-state index contributed by atoms with van der Waals surface area (Å²) in [5, 5.41) is 0. The van der Waals surface area contributed by atoms with Gasteiger partial charge in [0.1, 0.15) is 21.6 Å². The van der Waals surface area contributed by atoms with Gasteiger partial charge in [-0.15, -0.1) is 0 Å². The number of hydrogen-bond donors (Lipinski definition) is 0. The van der Waals surface area contributed by atoms with Crippen LogP contribution in [0.5, 0.6) is 17.2 Å². The molecule has 1 heterocycles. The van der Waals surface area contributed by atoms with Gasteiger partial charge in [0.2, 0.25) is 10.0 Å². The van der Waals surface area contributed by atoms with E-state index in [1.165, 1.54) is 91.0 Å². The molecule has 5 aromatic rings. The van der Waals surface area contributed by atoms with Gasteiger partial charge in [-0.3, -0.25) is 4.79 Å². The number of esters is 1. The van der Waals surface area contributed by atoms with Crippen LogP contribution in [-0.4, -0.2) is 61.8 Å². The summed E-state index contributed by atoms with van der Waals surface area (Å²) in [5.74, 6) is -1.38. The zero-order valence-corrected chi connectivity index (χ0v) is 32.9. The smallest absolute Gasteiger partial charge is 0.339 e. The van der Waals surface area contributed by atoms with Crippen molar-refractivity contribution in [3.63, 3.8) is 0 Å². The van der Waals surface area contributed by atoms with Crippen LogP contribution in [0.1, 0.15) is 24.5 Å². The van der Waals surface area contributed by atoms with Gasteiger partial charge < -0.3 is 17.8 Å². The molecule has 0 spiro atoms. The lowest BCUT2D eigenvalue weighted by atomic mass is 9.79. The Morgan fingerprint density at radius 3 is 1.86 bits per heavy atom. The highest BCUT2D eigenvalue weighted by Crippen LogP contribution is 2.43. The summed E-state index contributed by atoms with van der Waals surface area (Å²) in [7, 11) is -12.6. The van der Waals surface area contributed by atoms with E-state index in [9.17, 15) is 30.0 Å². The Morgan fingerprint density at radius 2 is 1.27 bits per heavy atom. The largest absolute Gasteiger partial charge is 0.492 e. The van der Waals surface area contributed by atoms with Crippen molar-refractivity contribution in [3.8, 4) is 17.2 Å². The summed E-state index contributed by atoms with van der Waals surface area (Å²) >= 11 is 0.